The molecule has 28 heavy (non-hydrogen) atoms. The van der Waals surface area contributed by atoms with Gasteiger partial charge in [0, 0.05) is 11.6 Å². The Morgan fingerprint density at radius 3 is 3.00 bits per heavy atom. The Balaban J connectivity index is 1.38. The number of nitrogens with one attached hydrogen (secondary N) is 2. The number of aromatic amines is 1. The molecule has 4 aromatic heterocycles. The standard InChI is InChI=1S/C20H17N5OS2/c1-2-13(17-21-11-14(22-17)12-6-4-3-5-7-12)23-18(26)16-10-15-19(28-16)24-20-25(15)8-9-27-20/h3-11,13H,2H2,1H3,(H,21,22)(H,23,26). The summed E-state index contributed by atoms with van der Waals surface area (Å²) in [5, 5.41) is 5.09. The second kappa shape index (κ2) is 6.88. The number of benzene rings is 1. The zero-order valence-electron chi connectivity index (χ0n) is 15.0. The van der Waals surface area contributed by atoms with Gasteiger partial charge < -0.3 is 10.3 Å². The molecule has 0 bridgehead atoms. The number of H-pyrrole nitrogens is 1. The molecule has 0 aliphatic rings. The molecule has 6 nitrogen and oxygen atoms in total. The maximum atomic E-state index is 12.8. The molecular formula is C20H17N5OS2. The summed E-state index contributed by atoms with van der Waals surface area (Å²) in [6.45, 7) is 2.03. The summed E-state index contributed by atoms with van der Waals surface area (Å²) in [6.07, 6.45) is 4.53. The summed E-state index contributed by atoms with van der Waals surface area (Å²) in [4.78, 5) is 27.7. The number of hydrogen-bond acceptors (Lipinski definition) is 5. The van der Waals surface area contributed by atoms with Gasteiger partial charge in [-0.05, 0) is 18.1 Å². The van der Waals surface area contributed by atoms with Crippen molar-refractivity contribution in [3.8, 4) is 11.3 Å². The summed E-state index contributed by atoms with van der Waals surface area (Å²) in [7, 11) is 0. The molecule has 8 heteroatoms. The number of thiophene rings is 1. The van der Waals surface area contributed by atoms with Crippen LogP contribution in [0.2, 0.25) is 0 Å². The number of fused-ring (bicyclic) bond motifs is 3. The van der Waals surface area contributed by atoms with Crippen molar-refractivity contribution in [3.05, 3.63) is 64.9 Å². The van der Waals surface area contributed by atoms with E-state index in [9.17, 15) is 4.79 Å². The molecule has 0 radical (unpaired) electrons. The fourth-order valence-corrected chi connectivity index (χ4v) is 4.93. The zero-order chi connectivity index (χ0) is 19.1. The average Bonchev–Trinajstić information content (AvgIpc) is 3.47. The van der Waals surface area contributed by atoms with Gasteiger partial charge in [-0.25, -0.2) is 9.97 Å². The Morgan fingerprint density at radius 1 is 1.32 bits per heavy atom. The second-order valence-corrected chi connectivity index (χ2v) is 8.35. The van der Waals surface area contributed by atoms with Gasteiger partial charge in [-0.15, -0.1) is 22.7 Å². The molecule has 1 atom stereocenters. The molecule has 1 unspecified atom stereocenters. The Bertz CT molecular complexity index is 1260. The number of rotatable bonds is 5. The van der Waals surface area contributed by atoms with E-state index in [4.69, 9.17) is 0 Å². The monoisotopic (exact) mass is 407 g/mol. The Morgan fingerprint density at radius 2 is 2.18 bits per heavy atom. The molecule has 0 aliphatic heterocycles. The molecule has 140 valence electrons. The third-order valence-corrected chi connectivity index (χ3v) is 6.46. The van der Waals surface area contributed by atoms with Gasteiger partial charge in [0.15, 0.2) is 4.96 Å². The van der Waals surface area contributed by atoms with Gasteiger partial charge in [-0.2, -0.15) is 0 Å². The maximum Gasteiger partial charge on any atom is 0.262 e. The van der Waals surface area contributed by atoms with Crippen LogP contribution in [0, 0.1) is 0 Å². The van der Waals surface area contributed by atoms with Crippen LogP contribution in [0.25, 0.3) is 26.6 Å². The Hall–Kier alpha value is -2.97. The predicted molar refractivity (Wildman–Crippen MR) is 113 cm³/mol. The number of nitrogens with zero attached hydrogens (tertiary/aromatic N) is 3. The normalized spacial score (nSPS) is 12.6. The van der Waals surface area contributed by atoms with Crippen molar-refractivity contribution in [2.75, 3.05) is 0 Å². The van der Waals surface area contributed by atoms with E-state index >= 15 is 0 Å². The van der Waals surface area contributed by atoms with Crippen molar-refractivity contribution in [2.45, 2.75) is 19.4 Å². The minimum Gasteiger partial charge on any atom is -0.341 e. The lowest BCUT2D eigenvalue weighted by molar-refractivity contribution is 0.0938. The van der Waals surface area contributed by atoms with Gasteiger partial charge in [-0.1, -0.05) is 37.3 Å². The number of carbonyl (C=O) groups is 1. The van der Waals surface area contributed by atoms with Crippen molar-refractivity contribution in [1.29, 1.82) is 0 Å². The summed E-state index contributed by atoms with van der Waals surface area (Å²) in [5.74, 6) is 0.662. The van der Waals surface area contributed by atoms with E-state index in [2.05, 4.69) is 20.3 Å². The van der Waals surface area contributed by atoms with E-state index < -0.39 is 0 Å². The fraction of sp³-hybridized carbons (Fsp3) is 0.150. The van der Waals surface area contributed by atoms with Gasteiger partial charge in [0.2, 0.25) is 0 Å². The molecule has 5 rings (SSSR count). The molecule has 1 amide bonds. The van der Waals surface area contributed by atoms with E-state index in [1.165, 1.54) is 11.3 Å². The summed E-state index contributed by atoms with van der Waals surface area (Å²) >= 11 is 3.01. The number of imidazole rings is 2. The van der Waals surface area contributed by atoms with Crippen molar-refractivity contribution < 1.29 is 4.79 Å². The van der Waals surface area contributed by atoms with Crippen LogP contribution in [0.15, 0.2) is 54.2 Å². The molecule has 0 saturated carbocycles. The molecule has 0 spiro atoms. The van der Waals surface area contributed by atoms with Crippen molar-refractivity contribution in [1.82, 2.24) is 24.7 Å². The minimum atomic E-state index is -0.178. The lowest BCUT2D eigenvalue weighted by Crippen LogP contribution is -2.28. The predicted octanol–water partition coefficient (Wildman–Crippen LogP) is 4.88. The highest BCUT2D eigenvalue weighted by Crippen LogP contribution is 2.29. The van der Waals surface area contributed by atoms with E-state index in [0.29, 0.717) is 4.88 Å². The summed E-state index contributed by atoms with van der Waals surface area (Å²) in [6, 6.07) is 11.8. The molecule has 1 aromatic carbocycles. The lowest BCUT2D eigenvalue weighted by atomic mass is 10.2. The number of carbonyl (C=O) groups excluding carboxylic acids is 1. The maximum absolute atomic E-state index is 12.8. The highest BCUT2D eigenvalue weighted by molar-refractivity contribution is 7.21. The molecule has 0 saturated heterocycles. The van der Waals surface area contributed by atoms with Gasteiger partial charge >= 0.3 is 0 Å². The molecule has 0 fully saturated rings. The van der Waals surface area contributed by atoms with Gasteiger partial charge in [0.05, 0.1) is 28.3 Å². The first-order chi connectivity index (χ1) is 13.7. The lowest BCUT2D eigenvalue weighted by Gasteiger charge is -2.14. The molecule has 5 aromatic rings. The van der Waals surface area contributed by atoms with Crippen molar-refractivity contribution in [3.63, 3.8) is 0 Å². The molecular weight excluding hydrogens is 390 g/mol. The largest absolute Gasteiger partial charge is 0.341 e. The second-order valence-electron chi connectivity index (χ2n) is 6.45. The van der Waals surface area contributed by atoms with Gasteiger partial charge in [-0.3, -0.25) is 9.20 Å². The first-order valence-electron chi connectivity index (χ1n) is 8.99. The minimum absolute atomic E-state index is 0.100. The summed E-state index contributed by atoms with van der Waals surface area (Å²) in [5.41, 5.74) is 2.99. The first-order valence-corrected chi connectivity index (χ1v) is 10.7. The SMILES string of the molecule is CCC(NC(=O)c1cc2c(nc3sccn32)s1)c1ncc(-c2ccccc2)[nH]1. The van der Waals surface area contributed by atoms with Crippen LogP contribution in [0.4, 0.5) is 0 Å². The van der Waals surface area contributed by atoms with E-state index in [-0.39, 0.29) is 11.9 Å². The van der Waals surface area contributed by atoms with Crippen molar-refractivity contribution in [2.24, 2.45) is 0 Å². The summed E-state index contributed by atoms with van der Waals surface area (Å²) < 4.78 is 2.02. The van der Waals surface area contributed by atoms with Gasteiger partial charge in [0.1, 0.15) is 10.7 Å². The van der Waals surface area contributed by atoms with Crippen LogP contribution in [0.3, 0.4) is 0 Å². The third kappa shape index (κ3) is 2.90. The van der Waals surface area contributed by atoms with Crippen LogP contribution in [0.5, 0.6) is 0 Å². The number of amides is 1. The van der Waals surface area contributed by atoms with Gasteiger partial charge in [0.25, 0.3) is 5.91 Å². The smallest absolute Gasteiger partial charge is 0.262 e. The zero-order valence-corrected chi connectivity index (χ0v) is 16.7. The number of aromatic nitrogens is 4. The van der Waals surface area contributed by atoms with Crippen LogP contribution in [-0.4, -0.2) is 25.3 Å². The van der Waals surface area contributed by atoms with Crippen LogP contribution in [0.1, 0.15) is 34.9 Å². The quantitative estimate of drug-likeness (QED) is 0.436. The van der Waals surface area contributed by atoms with E-state index in [1.54, 1.807) is 11.3 Å². The molecule has 2 N–H and O–H groups in total. The first kappa shape index (κ1) is 17.2. The molecule has 0 aliphatic carbocycles. The number of hydrogen-bond donors (Lipinski definition) is 2. The van der Waals surface area contributed by atoms with Crippen molar-refractivity contribution >= 4 is 43.9 Å². The average molecular weight is 408 g/mol. The Labute approximate surface area is 168 Å². The van der Waals surface area contributed by atoms with E-state index in [0.717, 1.165) is 38.8 Å². The fourth-order valence-electron chi connectivity index (χ4n) is 3.23. The molecule has 4 heterocycles. The number of thiazole rings is 1. The Kier molecular flexibility index (Phi) is 4.22. The highest BCUT2D eigenvalue weighted by Gasteiger charge is 2.20. The van der Waals surface area contributed by atoms with Crippen LogP contribution < -0.4 is 5.32 Å². The highest BCUT2D eigenvalue weighted by atomic mass is 32.1. The third-order valence-electron chi connectivity index (χ3n) is 4.69. The van der Waals surface area contributed by atoms with Crippen LogP contribution in [-0.2, 0) is 0 Å². The van der Waals surface area contributed by atoms with E-state index in [1.807, 2.05) is 65.5 Å². The topological polar surface area (TPSA) is 75.1 Å². The van der Waals surface area contributed by atoms with Crippen LogP contribution >= 0.6 is 22.7 Å².